The number of hydrogen-bond acceptors (Lipinski definition) is 6. The van der Waals surface area contributed by atoms with Crippen molar-refractivity contribution >= 4 is 17.7 Å². The van der Waals surface area contributed by atoms with Gasteiger partial charge < -0.3 is 19.3 Å². The lowest BCUT2D eigenvalue weighted by atomic mass is 9.98. The van der Waals surface area contributed by atoms with Gasteiger partial charge in [-0.2, -0.15) is 0 Å². The Morgan fingerprint density at radius 3 is 2.61 bits per heavy atom. The summed E-state index contributed by atoms with van der Waals surface area (Å²) in [5, 5.41) is 11.6. The molecule has 31 heavy (non-hydrogen) atoms. The number of nitrogens with zero attached hydrogens (tertiary/aromatic N) is 3. The maximum absolute atomic E-state index is 13.2. The molecule has 9 nitrogen and oxygen atoms in total. The van der Waals surface area contributed by atoms with E-state index in [4.69, 9.17) is 9.47 Å². The standard InChI is InChI=1S/C22H33N3O6/c1-8-15(3)24-12-14(2)18(13-23(7)21(27)31-22(4,5)6)30-19-16(20(24)26)10-9-11-17(19)25(28)29/h9-11,14-15,18H,8,12-13H2,1-7H3/t14-,15+,18+/m1/s1. The van der Waals surface area contributed by atoms with Crippen molar-refractivity contribution in [3.63, 3.8) is 0 Å². The van der Waals surface area contributed by atoms with E-state index in [1.54, 1.807) is 38.8 Å². The second kappa shape index (κ2) is 9.53. The highest BCUT2D eigenvalue weighted by Crippen LogP contribution is 2.36. The maximum atomic E-state index is 13.2. The molecular weight excluding hydrogens is 402 g/mol. The highest BCUT2D eigenvalue weighted by Gasteiger charge is 2.37. The molecule has 0 saturated carbocycles. The number of nitro groups is 1. The largest absolute Gasteiger partial charge is 0.481 e. The normalized spacial score (nSPS) is 20.1. The Hall–Kier alpha value is -2.84. The number of carbonyl (C=O) groups is 2. The van der Waals surface area contributed by atoms with Gasteiger partial charge in [0.25, 0.3) is 5.91 Å². The van der Waals surface area contributed by atoms with Crippen LogP contribution in [0.4, 0.5) is 10.5 Å². The lowest BCUT2D eigenvalue weighted by Crippen LogP contribution is -2.50. The molecular formula is C22H33N3O6. The predicted octanol–water partition coefficient (Wildman–Crippen LogP) is 4.10. The molecule has 0 saturated heterocycles. The van der Waals surface area contributed by atoms with Crippen LogP contribution >= 0.6 is 0 Å². The van der Waals surface area contributed by atoms with Crippen molar-refractivity contribution in [1.82, 2.24) is 9.80 Å². The zero-order chi connectivity index (χ0) is 23.5. The van der Waals surface area contributed by atoms with Gasteiger partial charge in [0.1, 0.15) is 11.7 Å². The fraction of sp³-hybridized carbons (Fsp3) is 0.636. The fourth-order valence-corrected chi connectivity index (χ4v) is 3.40. The van der Waals surface area contributed by atoms with Crippen molar-refractivity contribution in [2.75, 3.05) is 20.1 Å². The first kappa shape index (κ1) is 24.4. The number of rotatable bonds is 5. The van der Waals surface area contributed by atoms with E-state index in [1.807, 2.05) is 20.8 Å². The molecule has 1 aliphatic rings. The summed E-state index contributed by atoms with van der Waals surface area (Å²) >= 11 is 0. The van der Waals surface area contributed by atoms with Gasteiger partial charge in [-0.25, -0.2) is 4.79 Å². The fourth-order valence-electron chi connectivity index (χ4n) is 3.40. The van der Waals surface area contributed by atoms with E-state index in [1.165, 1.54) is 17.0 Å². The van der Waals surface area contributed by atoms with Crippen LogP contribution in [0.3, 0.4) is 0 Å². The molecule has 0 bridgehead atoms. The average Bonchev–Trinajstić information content (AvgIpc) is 2.67. The number of fused-ring (bicyclic) bond motifs is 1. The van der Waals surface area contributed by atoms with Gasteiger partial charge in [0.05, 0.1) is 17.0 Å². The minimum absolute atomic E-state index is 0.0515. The van der Waals surface area contributed by atoms with Crippen molar-refractivity contribution in [2.24, 2.45) is 5.92 Å². The number of nitro benzene ring substituents is 1. The highest BCUT2D eigenvalue weighted by molar-refractivity contribution is 5.98. The quantitative estimate of drug-likeness (QED) is 0.510. The van der Waals surface area contributed by atoms with Gasteiger partial charge >= 0.3 is 11.8 Å². The summed E-state index contributed by atoms with van der Waals surface area (Å²) in [5.41, 5.74) is -0.760. The van der Waals surface area contributed by atoms with Gasteiger partial charge in [-0.3, -0.25) is 14.9 Å². The van der Waals surface area contributed by atoms with Crippen LogP contribution in [0.5, 0.6) is 5.75 Å². The minimum atomic E-state index is -0.649. The van der Waals surface area contributed by atoms with E-state index in [0.717, 1.165) is 6.42 Å². The number of likely N-dealkylation sites (N-methyl/N-ethyl adjacent to an activating group) is 1. The molecule has 1 aromatic rings. The Kier molecular flexibility index (Phi) is 7.51. The van der Waals surface area contributed by atoms with Crippen LogP contribution in [0.15, 0.2) is 18.2 Å². The number of hydrogen-bond donors (Lipinski definition) is 0. The van der Waals surface area contributed by atoms with Crippen molar-refractivity contribution < 1.29 is 24.0 Å². The van der Waals surface area contributed by atoms with Crippen molar-refractivity contribution in [3.05, 3.63) is 33.9 Å². The van der Waals surface area contributed by atoms with E-state index >= 15 is 0 Å². The molecule has 1 heterocycles. The predicted molar refractivity (Wildman–Crippen MR) is 116 cm³/mol. The lowest BCUT2D eigenvalue weighted by Gasteiger charge is -2.38. The Labute approximate surface area is 183 Å². The summed E-state index contributed by atoms with van der Waals surface area (Å²) in [7, 11) is 1.60. The number of amides is 2. The summed E-state index contributed by atoms with van der Waals surface area (Å²) in [5.74, 6) is -0.533. The third-order valence-corrected chi connectivity index (χ3v) is 5.35. The molecule has 1 aromatic carbocycles. The van der Waals surface area contributed by atoms with Gasteiger partial charge in [-0.05, 0) is 40.2 Å². The van der Waals surface area contributed by atoms with E-state index in [9.17, 15) is 19.7 Å². The number of carbonyl (C=O) groups excluding carboxylic acids is 2. The molecule has 172 valence electrons. The molecule has 0 unspecified atom stereocenters. The van der Waals surface area contributed by atoms with Crippen molar-refractivity contribution in [2.45, 2.75) is 65.7 Å². The number of ether oxygens (including phenoxy) is 2. The maximum Gasteiger partial charge on any atom is 0.410 e. The molecule has 2 rings (SSSR count). The summed E-state index contributed by atoms with van der Waals surface area (Å²) in [4.78, 5) is 39.9. The van der Waals surface area contributed by atoms with Gasteiger partial charge in [-0.15, -0.1) is 0 Å². The van der Waals surface area contributed by atoms with Crippen molar-refractivity contribution in [1.29, 1.82) is 0 Å². The zero-order valence-corrected chi connectivity index (χ0v) is 19.4. The SMILES string of the molecule is CC[C@H](C)N1C[C@@H](C)[C@H](CN(C)C(=O)OC(C)(C)C)Oc2c(cccc2[N+](=O)[O-])C1=O. The van der Waals surface area contributed by atoms with Crippen LogP contribution in [0.2, 0.25) is 0 Å². The van der Waals surface area contributed by atoms with Crippen LogP contribution in [0, 0.1) is 16.0 Å². The van der Waals surface area contributed by atoms with Crippen LogP contribution < -0.4 is 4.74 Å². The first-order valence-electron chi connectivity index (χ1n) is 10.5. The van der Waals surface area contributed by atoms with E-state index in [0.29, 0.717) is 6.54 Å². The first-order chi connectivity index (χ1) is 14.4. The Balaban J connectivity index is 2.45. The zero-order valence-electron chi connectivity index (χ0n) is 19.4. The van der Waals surface area contributed by atoms with E-state index in [2.05, 4.69) is 0 Å². The Bertz CT molecular complexity index is 835. The second-order valence-electron chi connectivity index (χ2n) is 9.12. The topological polar surface area (TPSA) is 102 Å². The summed E-state index contributed by atoms with van der Waals surface area (Å²) in [6.07, 6.45) is -0.341. The smallest absolute Gasteiger partial charge is 0.410 e. The molecule has 0 aliphatic carbocycles. The van der Waals surface area contributed by atoms with Crippen LogP contribution in [-0.4, -0.2) is 64.6 Å². The number of benzene rings is 1. The summed E-state index contributed by atoms with van der Waals surface area (Å²) < 4.78 is 11.5. The first-order valence-corrected chi connectivity index (χ1v) is 10.5. The Morgan fingerprint density at radius 1 is 1.42 bits per heavy atom. The summed E-state index contributed by atoms with van der Waals surface area (Å²) in [6, 6.07) is 4.30. The third kappa shape index (κ3) is 5.86. The highest BCUT2D eigenvalue weighted by atomic mass is 16.6. The molecule has 9 heteroatoms. The second-order valence-corrected chi connectivity index (χ2v) is 9.12. The van der Waals surface area contributed by atoms with Crippen LogP contribution in [0.25, 0.3) is 0 Å². The molecule has 1 aliphatic heterocycles. The van der Waals surface area contributed by atoms with Crippen LogP contribution in [-0.2, 0) is 4.74 Å². The average molecular weight is 436 g/mol. The van der Waals surface area contributed by atoms with Gasteiger partial charge in [0.2, 0.25) is 5.75 Å². The van der Waals surface area contributed by atoms with Gasteiger partial charge in [0, 0.05) is 31.6 Å². The molecule has 0 N–H and O–H groups in total. The third-order valence-electron chi connectivity index (χ3n) is 5.35. The lowest BCUT2D eigenvalue weighted by molar-refractivity contribution is -0.386. The molecule has 2 amide bonds. The Morgan fingerprint density at radius 2 is 2.06 bits per heavy atom. The van der Waals surface area contributed by atoms with Gasteiger partial charge in [-0.1, -0.05) is 19.9 Å². The molecule has 0 fully saturated rings. The van der Waals surface area contributed by atoms with Crippen LogP contribution in [0.1, 0.15) is 58.3 Å². The monoisotopic (exact) mass is 435 g/mol. The molecule has 0 aromatic heterocycles. The minimum Gasteiger partial charge on any atom is -0.481 e. The van der Waals surface area contributed by atoms with Crippen molar-refractivity contribution in [3.8, 4) is 5.75 Å². The van der Waals surface area contributed by atoms with E-state index < -0.39 is 22.7 Å². The van der Waals surface area contributed by atoms with E-state index in [-0.39, 0.29) is 41.4 Å². The van der Waals surface area contributed by atoms with Gasteiger partial charge in [0.15, 0.2) is 0 Å². The molecule has 0 radical (unpaired) electrons. The summed E-state index contributed by atoms with van der Waals surface area (Å²) in [6.45, 7) is 11.8. The number of para-hydroxylation sites is 1. The molecule has 3 atom stereocenters. The molecule has 0 spiro atoms.